The van der Waals surface area contributed by atoms with Gasteiger partial charge >= 0.3 is 0 Å². The van der Waals surface area contributed by atoms with Crippen LogP contribution in [0.15, 0.2) is 47.8 Å². The van der Waals surface area contributed by atoms with E-state index >= 15 is 0 Å². The van der Waals surface area contributed by atoms with Gasteiger partial charge < -0.3 is 9.45 Å². The molecular formula is C19H21N4O4S2-. The molecule has 0 radical (unpaired) electrons. The van der Waals surface area contributed by atoms with E-state index in [4.69, 9.17) is 0 Å². The summed E-state index contributed by atoms with van der Waals surface area (Å²) in [5.41, 5.74) is 1.30. The molecule has 29 heavy (non-hydrogen) atoms. The second-order valence-electron chi connectivity index (χ2n) is 7.44. The predicted octanol–water partition coefficient (Wildman–Crippen LogP) is 2.07. The number of aromatic nitrogens is 3. The molecule has 8 nitrogen and oxygen atoms in total. The van der Waals surface area contributed by atoms with E-state index in [-0.39, 0.29) is 22.6 Å². The Labute approximate surface area is 171 Å². The SMILES string of the molecule is Cc1ccc(S(=O)(=O)n2ccc3c(N(C)C4CC(CS(=O)[O-])C4)ncnc32)cc1. The average Bonchev–Trinajstić information content (AvgIpc) is 3.09. The molecule has 1 aromatic carbocycles. The van der Waals surface area contributed by atoms with Crippen LogP contribution in [0.1, 0.15) is 18.4 Å². The van der Waals surface area contributed by atoms with Crippen LogP contribution < -0.4 is 4.90 Å². The maximum absolute atomic E-state index is 13.1. The van der Waals surface area contributed by atoms with Gasteiger partial charge in [-0.3, -0.25) is 4.21 Å². The average molecular weight is 434 g/mol. The van der Waals surface area contributed by atoms with Crippen LogP contribution in [0.4, 0.5) is 5.82 Å². The molecule has 0 aliphatic heterocycles. The van der Waals surface area contributed by atoms with Gasteiger partial charge in [-0.25, -0.2) is 22.4 Å². The van der Waals surface area contributed by atoms with Crippen LogP contribution in [0.2, 0.25) is 0 Å². The van der Waals surface area contributed by atoms with Crippen molar-refractivity contribution in [3.8, 4) is 0 Å². The Morgan fingerprint density at radius 2 is 1.90 bits per heavy atom. The number of fused-ring (bicyclic) bond motifs is 1. The Balaban J connectivity index is 1.65. The molecule has 10 heteroatoms. The molecule has 1 unspecified atom stereocenters. The van der Waals surface area contributed by atoms with Crippen molar-refractivity contribution in [1.82, 2.24) is 13.9 Å². The largest absolute Gasteiger partial charge is 0.772 e. The Morgan fingerprint density at radius 1 is 1.21 bits per heavy atom. The monoisotopic (exact) mass is 433 g/mol. The zero-order valence-electron chi connectivity index (χ0n) is 16.1. The van der Waals surface area contributed by atoms with Crippen molar-refractivity contribution >= 4 is 38.0 Å². The predicted molar refractivity (Wildman–Crippen MR) is 110 cm³/mol. The minimum absolute atomic E-state index is 0.157. The summed E-state index contributed by atoms with van der Waals surface area (Å²) in [7, 11) is -1.88. The zero-order valence-corrected chi connectivity index (χ0v) is 17.7. The highest BCUT2D eigenvalue weighted by Crippen LogP contribution is 2.36. The number of hydrogen-bond acceptors (Lipinski definition) is 7. The van der Waals surface area contributed by atoms with Gasteiger partial charge in [0, 0.05) is 25.0 Å². The molecule has 3 aromatic rings. The van der Waals surface area contributed by atoms with Crippen LogP contribution in [-0.2, 0) is 21.1 Å². The lowest BCUT2D eigenvalue weighted by Crippen LogP contribution is -2.44. The van der Waals surface area contributed by atoms with Crippen molar-refractivity contribution in [2.45, 2.75) is 30.7 Å². The summed E-state index contributed by atoms with van der Waals surface area (Å²) >= 11 is -2.03. The number of aryl methyl sites for hydroxylation is 1. The molecule has 2 heterocycles. The summed E-state index contributed by atoms with van der Waals surface area (Å²) in [6.07, 6.45) is 4.38. The van der Waals surface area contributed by atoms with Gasteiger partial charge in [0.1, 0.15) is 12.1 Å². The van der Waals surface area contributed by atoms with E-state index < -0.39 is 21.1 Å². The summed E-state index contributed by atoms with van der Waals surface area (Å²) in [5.74, 6) is 0.971. The molecule has 1 aliphatic rings. The van der Waals surface area contributed by atoms with Crippen molar-refractivity contribution in [3.63, 3.8) is 0 Å². The molecule has 0 bridgehead atoms. The van der Waals surface area contributed by atoms with Crippen molar-refractivity contribution in [1.29, 1.82) is 0 Å². The third kappa shape index (κ3) is 3.67. The quantitative estimate of drug-likeness (QED) is 0.548. The van der Waals surface area contributed by atoms with Crippen molar-refractivity contribution in [2.75, 3.05) is 17.7 Å². The van der Waals surface area contributed by atoms with Gasteiger partial charge in [0.05, 0.1) is 10.3 Å². The highest BCUT2D eigenvalue weighted by Gasteiger charge is 2.33. The number of anilines is 1. The Hall–Kier alpha value is -2.30. The maximum atomic E-state index is 13.1. The molecule has 0 N–H and O–H groups in total. The van der Waals surface area contributed by atoms with Crippen LogP contribution >= 0.6 is 0 Å². The van der Waals surface area contributed by atoms with Crippen LogP contribution in [0.25, 0.3) is 11.0 Å². The fourth-order valence-corrected chi connectivity index (χ4v) is 5.69. The van der Waals surface area contributed by atoms with Crippen molar-refractivity contribution in [3.05, 3.63) is 48.4 Å². The molecule has 0 spiro atoms. The molecule has 0 saturated heterocycles. The van der Waals surface area contributed by atoms with E-state index in [0.29, 0.717) is 16.9 Å². The minimum atomic E-state index is -3.78. The number of benzene rings is 1. The normalized spacial score (nSPS) is 20.4. The first kappa shape index (κ1) is 20.0. The van der Waals surface area contributed by atoms with Gasteiger partial charge in [0.2, 0.25) is 0 Å². The molecule has 2 aromatic heterocycles. The minimum Gasteiger partial charge on any atom is -0.772 e. The summed E-state index contributed by atoms with van der Waals surface area (Å²) in [5, 5.41) is 0.640. The molecular weight excluding hydrogens is 412 g/mol. The highest BCUT2D eigenvalue weighted by molar-refractivity contribution is 7.90. The van der Waals surface area contributed by atoms with Gasteiger partial charge in [-0.2, -0.15) is 0 Å². The summed E-state index contributed by atoms with van der Waals surface area (Å²) < 4.78 is 49.1. The van der Waals surface area contributed by atoms with Gasteiger partial charge in [-0.05, 0) is 43.9 Å². The first-order valence-corrected chi connectivity index (χ1v) is 11.9. The van der Waals surface area contributed by atoms with E-state index in [2.05, 4.69) is 9.97 Å². The van der Waals surface area contributed by atoms with Gasteiger partial charge in [0.15, 0.2) is 5.65 Å². The van der Waals surface area contributed by atoms with Gasteiger partial charge in [0.25, 0.3) is 10.0 Å². The Kier molecular flexibility index (Phi) is 5.18. The van der Waals surface area contributed by atoms with E-state index in [1.54, 1.807) is 30.3 Å². The maximum Gasteiger partial charge on any atom is 0.269 e. The Morgan fingerprint density at radius 3 is 2.55 bits per heavy atom. The molecule has 4 rings (SSSR count). The number of rotatable bonds is 6. The van der Waals surface area contributed by atoms with E-state index in [1.165, 1.54) is 16.5 Å². The van der Waals surface area contributed by atoms with Crippen LogP contribution in [-0.4, -0.2) is 50.0 Å². The lowest BCUT2D eigenvalue weighted by atomic mass is 9.81. The molecule has 1 fully saturated rings. The van der Waals surface area contributed by atoms with Crippen LogP contribution in [0.3, 0.4) is 0 Å². The Bertz CT molecular complexity index is 1170. The third-order valence-corrected chi connectivity index (χ3v) is 7.89. The first-order valence-electron chi connectivity index (χ1n) is 9.20. The molecule has 1 aliphatic carbocycles. The summed E-state index contributed by atoms with van der Waals surface area (Å²) in [6, 6.07) is 8.55. The smallest absolute Gasteiger partial charge is 0.269 e. The molecule has 1 saturated carbocycles. The standard InChI is InChI=1S/C19H22N4O4S2/c1-13-3-5-16(6-4-13)29(26,27)23-8-7-17-18(20-12-21-19(17)23)22(2)15-9-14(10-15)11-28(24)25/h3-8,12,14-15H,9-11H2,1-2H3,(H,24,25)/p-1. The van der Waals surface area contributed by atoms with Crippen LogP contribution in [0, 0.1) is 12.8 Å². The van der Waals surface area contributed by atoms with Crippen molar-refractivity contribution < 1.29 is 17.2 Å². The third-order valence-electron chi connectivity index (χ3n) is 5.47. The number of hydrogen-bond donors (Lipinski definition) is 0. The second kappa shape index (κ2) is 7.51. The lowest BCUT2D eigenvalue weighted by Gasteiger charge is -2.42. The van der Waals surface area contributed by atoms with Crippen LogP contribution in [0.5, 0.6) is 0 Å². The topological polar surface area (TPSA) is 108 Å². The second-order valence-corrected chi connectivity index (χ2v) is 10.2. The molecule has 154 valence electrons. The summed E-state index contributed by atoms with van der Waals surface area (Å²) in [6.45, 7) is 1.90. The summed E-state index contributed by atoms with van der Waals surface area (Å²) in [4.78, 5) is 10.8. The molecule has 0 amide bonds. The zero-order chi connectivity index (χ0) is 20.8. The first-order chi connectivity index (χ1) is 13.8. The molecule has 1 atom stereocenters. The number of nitrogens with zero attached hydrogens (tertiary/aromatic N) is 4. The van der Waals surface area contributed by atoms with Gasteiger partial charge in [-0.15, -0.1) is 0 Å². The fraction of sp³-hybridized carbons (Fsp3) is 0.368. The van der Waals surface area contributed by atoms with Crippen molar-refractivity contribution in [2.24, 2.45) is 5.92 Å². The highest BCUT2D eigenvalue weighted by atomic mass is 32.2. The lowest BCUT2D eigenvalue weighted by molar-refractivity contribution is 0.281. The fourth-order valence-electron chi connectivity index (χ4n) is 3.73. The van der Waals surface area contributed by atoms with E-state index in [0.717, 1.165) is 18.4 Å². The van der Waals surface area contributed by atoms with E-state index in [1.807, 2.05) is 18.9 Å². The van der Waals surface area contributed by atoms with E-state index in [9.17, 15) is 17.2 Å². The van der Waals surface area contributed by atoms with Gasteiger partial charge in [-0.1, -0.05) is 28.8 Å².